The summed E-state index contributed by atoms with van der Waals surface area (Å²) in [4.78, 5) is 26.6. The number of fused-ring (bicyclic) bond motifs is 5. The van der Waals surface area contributed by atoms with E-state index in [1.54, 1.807) is 85.8 Å². The number of hydrogen-bond donors (Lipinski definition) is 5. The lowest BCUT2D eigenvalue weighted by molar-refractivity contribution is 0.630. The molecule has 23 heteroatoms. The Morgan fingerprint density at radius 3 is 1.26 bits per heavy atom. The molecule has 0 amide bonds. The number of aromatic nitrogens is 11. The Morgan fingerprint density at radius 1 is 0.373 bits per heavy atom. The number of aromatic amines is 1. The van der Waals surface area contributed by atoms with Crippen LogP contribution in [0.1, 0.15) is 0 Å². The first kappa shape index (κ1) is 66.8. The molecule has 0 aliphatic carbocycles. The summed E-state index contributed by atoms with van der Waals surface area (Å²) in [6.07, 6.45) is 15.4. The molecular formula is C79H51Cl4F4N15. The number of benzene rings is 8. The molecule has 9 heterocycles. The summed E-state index contributed by atoms with van der Waals surface area (Å²) < 4.78 is 59.4. The maximum absolute atomic E-state index is 14.5. The van der Waals surface area contributed by atoms with Crippen molar-refractivity contribution < 1.29 is 17.6 Å². The smallest absolute Gasteiger partial charge is 0.132 e. The number of para-hydroxylation sites is 4. The van der Waals surface area contributed by atoms with E-state index in [-0.39, 0.29) is 23.3 Å². The number of nitrogens with one attached hydrogen (secondary N) is 4. The van der Waals surface area contributed by atoms with Gasteiger partial charge >= 0.3 is 0 Å². The molecule has 17 rings (SSSR count). The van der Waals surface area contributed by atoms with E-state index in [0.29, 0.717) is 76.5 Å². The van der Waals surface area contributed by atoms with Crippen molar-refractivity contribution in [2.24, 2.45) is 0 Å². The number of halogens is 8. The van der Waals surface area contributed by atoms with Gasteiger partial charge in [-0.25, -0.2) is 37.5 Å². The van der Waals surface area contributed by atoms with E-state index in [9.17, 15) is 17.6 Å². The Balaban J connectivity index is 0.000000115. The van der Waals surface area contributed by atoms with Gasteiger partial charge in [-0.05, 0) is 146 Å². The molecule has 498 valence electrons. The molecule has 0 unspecified atom stereocenters. The molecule has 17 aromatic rings. The zero-order chi connectivity index (χ0) is 70.2. The molecular weight excluding hydrogens is 1380 g/mol. The monoisotopic (exact) mass is 1430 g/mol. The minimum atomic E-state index is -0.383. The number of nitrogen functional groups attached to an aromatic ring is 1. The lowest BCUT2D eigenvalue weighted by Gasteiger charge is -2.14. The number of rotatable bonds is 11. The Kier molecular flexibility index (Phi) is 19.6. The highest BCUT2D eigenvalue weighted by Gasteiger charge is 2.18. The molecule has 0 spiro atoms. The predicted molar refractivity (Wildman–Crippen MR) is 402 cm³/mol. The van der Waals surface area contributed by atoms with E-state index in [1.807, 2.05) is 140 Å². The summed E-state index contributed by atoms with van der Waals surface area (Å²) in [6, 6.07) is 63.5. The summed E-state index contributed by atoms with van der Waals surface area (Å²) in [6.45, 7) is 0. The maximum atomic E-state index is 14.5. The van der Waals surface area contributed by atoms with E-state index in [2.05, 4.69) is 70.8 Å². The fraction of sp³-hybridized carbons (Fsp3) is 0. The van der Waals surface area contributed by atoms with Gasteiger partial charge in [0.1, 0.15) is 23.3 Å². The van der Waals surface area contributed by atoms with Crippen LogP contribution in [0.4, 0.5) is 57.4 Å². The third kappa shape index (κ3) is 15.0. The fourth-order valence-corrected chi connectivity index (χ4v) is 12.1. The maximum Gasteiger partial charge on any atom is 0.132 e. The van der Waals surface area contributed by atoms with Gasteiger partial charge in [0.25, 0.3) is 0 Å². The summed E-state index contributed by atoms with van der Waals surface area (Å²) in [5.41, 5.74) is 19.7. The van der Waals surface area contributed by atoms with Gasteiger partial charge < -0.3 is 26.3 Å². The van der Waals surface area contributed by atoms with Gasteiger partial charge in [-0.1, -0.05) is 119 Å². The standard InChI is InChI=1S/C22H13ClFN3.C20H14ClFN4.C19H12ClFN4.C18H12ClFN4/c23-15-5-6-18(24)17(11-15)20-12-22(16-3-1-2-4-19(16)26-20)27-10-8-14-13-25-9-7-21(14)27;21-12-5-6-15(22)14(9-12)20-10-19(13-3-1-2-4-17(13)25-20)26-18-7-8-24-11-16(18)23;20-12-5-6-16(21)15(9-12)19-10-18(24-13-7-8-22-23-11-13)14-3-1-2-4-17(14)25-19;19-11-5-6-15(20)14(7-11)18-8-17(23-12-9-21-22-10-12)13-3-1-2-4-16(13)24-18/h1-13H;1-11H,23H2,(H,24,25,26);1-11H,(H,22,24,25);1-10H,(H,21,22)(H,23,24). The van der Waals surface area contributed by atoms with E-state index < -0.39 is 0 Å². The second kappa shape index (κ2) is 30.0. The predicted octanol–water partition coefficient (Wildman–Crippen LogP) is 21.8. The third-order valence-corrected chi connectivity index (χ3v) is 17.1. The second-order valence-electron chi connectivity index (χ2n) is 22.8. The van der Waals surface area contributed by atoms with Crippen molar-refractivity contribution in [1.29, 1.82) is 0 Å². The zero-order valence-electron chi connectivity index (χ0n) is 53.1. The highest BCUT2D eigenvalue weighted by atomic mass is 35.5. The molecule has 6 N–H and O–H groups in total. The SMILES string of the molecule is Fc1ccc(Cl)cc1-c1cc(-n2ccc3cnccc32)c2ccccc2n1.Fc1ccc(Cl)cc1-c1cc(Nc2ccnnc2)c2ccccc2n1.Fc1ccc(Cl)cc1-c1cc(Nc2cn[nH]c2)c2ccccc2n1.Nc1cnccc1Nc1cc(-c2cc(Cl)ccc2F)nc2ccccc12. The molecule has 0 saturated carbocycles. The van der Waals surface area contributed by atoms with Crippen LogP contribution < -0.4 is 21.7 Å². The Bertz CT molecular complexity index is 5930. The first-order valence-corrected chi connectivity index (χ1v) is 32.8. The average Bonchev–Trinajstić information content (AvgIpc) is 1.69. The van der Waals surface area contributed by atoms with Gasteiger partial charge in [0, 0.05) is 100 Å². The average molecular weight is 1430 g/mol. The Hall–Kier alpha value is -12.4. The molecule has 0 bridgehead atoms. The van der Waals surface area contributed by atoms with Crippen molar-refractivity contribution in [2.75, 3.05) is 21.7 Å². The quantitative estimate of drug-likeness (QED) is 0.0767. The normalized spacial score (nSPS) is 11.0. The minimum Gasteiger partial charge on any atom is -0.396 e. The van der Waals surface area contributed by atoms with Crippen LogP contribution in [0.2, 0.25) is 20.1 Å². The van der Waals surface area contributed by atoms with Gasteiger partial charge in [-0.2, -0.15) is 15.3 Å². The van der Waals surface area contributed by atoms with Crippen LogP contribution in [0.3, 0.4) is 0 Å². The van der Waals surface area contributed by atoms with Crippen LogP contribution in [-0.2, 0) is 0 Å². The van der Waals surface area contributed by atoms with Crippen molar-refractivity contribution in [2.45, 2.75) is 0 Å². The molecule has 102 heavy (non-hydrogen) atoms. The summed E-state index contributed by atoms with van der Waals surface area (Å²) >= 11 is 24.2. The number of nitrogens with two attached hydrogens (primary N) is 1. The highest BCUT2D eigenvalue weighted by molar-refractivity contribution is 6.32. The molecule has 0 atom stereocenters. The number of nitrogens with zero attached hydrogens (tertiary/aromatic N) is 10. The largest absolute Gasteiger partial charge is 0.396 e. The van der Waals surface area contributed by atoms with Crippen molar-refractivity contribution >= 4 is 141 Å². The molecule has 0 radical (unpaired) electrons. The van der Waals surface area contributed by atoms with Crippen molar-refractivity contribution in [3.05, 3.63) is 318 Å². The molecule has 0 aliphatic rings. The second-order valence-corrected chi connectivity index (χ2v) is 24.6. The molecule has 0 aliphatic heterocycles. The van der Waals surface area contributed by atoms with Crippen LogP contribution in [0.15, 0.2) is 274 Å². The van der Waals surface area contributed by atoms with E-state index in [1.165, 1.54) is 48.5 Å². The van der Waals surface area contributed by atoms with E-state index in [0.717, 1.165) is 88.6 Å². The lowest BCUT2D eigenvalue weighted by Crippen LogP contribution is -1.99. The van der Waals surface area contributed by atoms with Crippen molar-refractivity contribution in [1.82, 2.24) is 54.9 Å². The third-order valence-electron chi connectivity index (χ3n) is 16.2. The van der Waals surface area contributed by atoms with Crippen LogP contribution >= 0.6 is 46.4 Å². The molecule has 9 aromatic heterocycles. The van der Waals surface area contributed by atoms with E-state index in [4.69, 9.17) is 52.1 Å². The first-order valence-electron chi connectivity index (χ1n) is 31.3. The lowest BCUT2D eigenvalue weighted by atomic mass is 10.1. The molecule has 0 saturated heterocycles. The number of pyridine rings is 6. The van der Waals surface area contributed by atoms with E-state index >= 15 is 0 Å². The molecule has 0 fully saturated rings. The van der Waals surface area contributed by atoms with Gasteiger partial charge in [-0.15, -0.1) is 0 Å². The number of anilines is 7. The van der Waals surface area contributed by atoms with Gasteiger partial charge in [0.05, 0.1) is 121 Å². The summed E-state index contributed by atoms with van der Waals surface area (Å²) in [5, 5.41) is 30.8. The van der Waals surface area contributed by atoms with Gasteiger partial charge in [0.2, 0.25) is 0 Å². The molecule has 15 nitrogen and oxygen atoms in total. The van der Waals surface area contributed by atoms with Gasteiger partial charge in [-0.3, -0.25) is 15.1 Å². The van der Waals surface area contributed by atoms with Crippen molar-refractivity contribution in [3.63, 3.8) is 0 Å². The summed E-state index contributed by atoms with van der Waals surface area (Å²) in [5.74, 6) is -1.47. The summed E-state index contributed by atoms with van der Waals surface area (Å²) in [7, 11) is 0. The van der Waals surface area contributed by atoms with Crippen LogP contribution in [0.5, 0.6) is 0 Å². The topological polar surface area (TPSA) is 199 Å². The van der Waals surface area contributed by atoms with Crippen LogP contribution in [0, 0.1) is 23.3 Å². The minimum absolute atomic E-state index is 0.342. The van der Waals surface area contributed by atoms with Crippen LogP contribution in [0.25, 0.3) is 105 Å². The Morgan fingerprint density at radius 2 is 0.804 bits per heavy atom. The van der Waals surface area contributed by atoms with Gasteiger partial charge in [0.15, 0.2) is 0 Å². The first-order chi connectivity index (χ1) is 49.7. The Labute approximate surface area is 599 Å². The number of H-pyrrole nitrogens is 1. The number of hydrogen-bond acceptors (Lipinski definition) is 13. The fourth-order valence-electron chi connectivity index (χ4n) is 11.4. The van der Waals surface area contributed by atoms with Crippen LogP contribution in [-0.4, -0.2) is 54.9 Å². The van der Waals surface area contributed by atoms with Crippen molar-refractivity contribution in [3.8, 4) is 50.7 Å². The highest BCUT2D eigenvalue weighted by Crippen LogP contribution is 2.38. The molecule has 8 aromatic carbocycles. The zero-order valence-corrected chi connectivity index (χ0v) is 56.1.